The van der Waals surface area contributed by atoms with Crippen LogP contribution in [0.25, 0.3) is 0 Å². The van der Waals surface area contributed by atoms with Crippen molar-refractivity contribution in [1.29, 1.82) is 0 Å². The lowest BCUT2D eigenvalue weighted by Crippen LogP contribution is -2.28. The first-order valence-electron chi connectivity index (χ1n) is 7.71. The lowest BCUT2D eigenvalue weighted by Gasteiger charge is -2.12. The number of hydrogen-bond donors (Lipinski definition) is 1. The average Bonchev–Trinajstić information content (AvgIpc) is 3.27. The molecule has 1 aliphatic rings. The Morgan fingerprint density at radius 2 is 2.00 bits per heavy atom. The standard InChI is InChI=1S/C18H17F3N2O/c1-11-6-7-12(10-22-11)8-17(24)23-16-9-14(16)13-4-2-3-5-15(13)18(19,20)21/h2-7,10,14,16H,8-9H2,1H3,(H,23,24)/t14-,16-/m0/s1. The number of amides is 1. The van der Waals surface area contributed by atoms with Crippen LogP contribution in [0.1, 0.15) is 34.7 Å². The van der Waals surface area contributed by atoms with E-state index < -0.39 is 11.7 Å². The van der Waals surface area contributed by atoms with Crippen molar-refractivity contribution in [3.8, 4) is 0 Å². The highest BCUT2D eigenvalue weighted by Crippen LogP contribution is 2.46. The molecule has 1 heterocycles. The molecular formula is C18H17F3N2O. The fourth-order valence-corrected chi connectivity index (χ4v) is 2.82. The molecule has 1 aromatic heterocycles. The minimum atomic E-state index is -4.37. The number of nitrogens with one attached hydrogen (secondary N) is 1. The summed E-state index contributed by atoms with van der Waals surface area (Å²) in [6, 6.07) is 8.97. The van der Waals surface area contributed by atoms with Crippen LogP contribution in [0.4, 0.5) is 13.2 Å². The number of nitrogens with zero attached hydrogens (tertiary/aromatic N) is 1. The summed E-state index contributed by atoms with van der Waals surface area (Å²) in [5, 5.41) is 2.81. The molecule has 0 saturated heterocycles. The van der Waals surface area contributed by atoms with Crippen molar-refractivity contribution in [3.63, 3.8) is 0 Å². The van der Waals surface area contributed by atoms with Crippen molar-refractivity contribution < 1.29 is 18.0 Å². The second-order valence-corrected chi connectivity index (χ2v) is 6.09. The molecule has 0 radical (unpaired) electrons. The molecule has 1 aromatic carbocycles. The second-order valence-electron chi connectivity index (χ2n) is 6.09. The Labute approximate surface area is 137 Å². The predicted molar refractivity (Wildman–Crippen MR) is 83.4 cm³/mol. The van der Waals surface area contributed by atoms with Gasteiger partial charge in [0, 0.05) is 23.9 Å². The number of carbonyl (C=O) groups is 1. The van der Waals surface area contributed by atoms with E-state index in [9.17, 15) is 18.0 Å². The minimum Gasteiger partial charge on any atom is -0.352 e. The third-order valence-electron chi connectivity index (χ3n) is 4.14. The molecule has 1 N–H and O–H groups in total. The van der Waals surface area contributed by atoms with E-state index in [-0.39, 0.29) is 29.9 Å². The zero-order valence-electron chi connectivity index (χ0n) is 13.1. The Hall–Kier alpha value is -2.37. The number of pyridine rings is 1. The average molecular weight is 334 g/mol. The highest BCUT2D eigenvalue weighted by Gasteiger charge is 2.44. The lowest BCUT2D eigenvalue weighted by atomic mass is 10.0. The largest absolute Gasteiger partial charge is 0.416 e. The van der Waals surface area contributed by atoms with Crippen LogP contribution in [0.15, 0.2) is 42.6 Å². The van der Waals surface area contributed by atoms with Gasteiger partial charge >= 0.3 is 6.18 Å². The molecule has 3 nitrogen and oxygen atoms in total. The molecule has 0 bridgehead atoms. The number of rotatable bonds is 4. The maximum atomic E-state index is 13.1. The van der Waals surface area contributed by atoms with Crippen molar-refractivity contribution in [2.75, 3.05) is 0 Å². The van der Waals surface area contributed by atoms with Gasteiger partial charge in [0.2, 0.25) is 5.91 Å². The Balaban J connectivity index is 1.62. The molecular weight excluding hydrogens is 317 g/mol. The van der Waals surface area contributed by atoms with Gasteiger partial charge in [0.25, 0.3) is 0 Å². The van der Waals surface area contributed by atoms with Crippen molar-refractivity contribution >= 4 is 5.91 Å². The second kappa shape index (κ2) is 6.26. The number of aryl methyl sites for hydroxylation is 1. The molecule has 2 atom stereocenters. The molecule has 0 aliphatic heterocycles. The van der Waals surface area contributed by atoms with Crippen molar-refractivity contribution in [2.45, 2.75) is 37.9 Å². The molecule has 0 unspecified atom stereocenters. The molecule has 1 fully saturated rings. The molecule has 3 rings (SSSR count). The highest BCUT2D eigenvalue weighted by atomic mass is 19.4. The van der Waals surface area contributed by atoms with Crippen LogP contribution < -0.4 is 5.32 Å². The van der Waals surface area contributed by atoms with Gasteiger partial charge in [0.15, 0.2) is 0 Å². The van der Waals surface area contributed by atoms with E-state index in [1.807, 2.05) is 19.1 Å². The maximum Gasteiger partial charge on any atom is 0.416 e. The quantitative estimate of drug-likeness (QED) is 0.928. The van der Waals surface area contributed by atoms with Gasteiger partial charge in [-0.15, -0.1) is 0 Å². The highest BCUT2D eigenvalue weighted by molar-refractivity contribution is 5.79. The molecule has 1 aliphatic carbocycles. The van der Waals surface area contributed by atoms with Crippen molar-refractivity contribution in [2.24, 2.45) is 0 Å². The van der Waals surface area contributed by atoms with Gasteiger partial charge in [-0.25, -0.2) is 0 Å². The first kappa shape index (κ1) is 16.5. The summed E-state index contributed by atoms with van der Waals surface area (Å²) in [6.07, 6.45) is -2.03. The van der Waals surface area contributed by atoms with E-state index in [0.717, 1.165) is 17.3 Å². The maximum absolute atomic E-state index is 13.1. The third kappa shape index (κ3) is 3.75. The monoisotopic (exact) mass is 334 g/mol. The van der Waals surface area contributed by atoms with Crippen LogP contribution >= 0.6 is 0 Å². The number of benzene rings is 1. The van der Waals surface area contributed by atoms with E-state index in [0.29, 0.717) is 6.42 Å². The summed E-state index contributed by atoms with van der Waals surface area (Å²) in [6.45, 7) is 1.86. The van der Waals surface area contributed by atoms with Gasteiger partial charge in [0.1, 0.15) is 0 Å². The summed E-state index contributed by atoms with van der Waals surface area (Å²) in [5.74, 6) is -0.472. The summed E-state index contributed by atoms with van der Waals surface area (Å²) < 4.78 is 39.2. The predicted octanol–water partition coefficient (Wildman–Crippen LogP) is 3.62. The Kier molecular flexibility index (Phi) is 4.30. The lowest BCUT2D eigenvalue weighted by molar-refractivity contribution is -0.138. The Morgan fingerprint density at radius 3 is 2.67 bits per heavy atom. The molecule has 1 saturated carbocycles. The van der Waals surface area contributed by atoms with E-state index >= 15 is 0 Å². The molecule has 6 heteroatoms. The van der Waals surface area contributed by atoms with E-state index in [2.05, 4.69) is 10.3 Å². The summed E-state index contributed by atoms with van der Waals surface area (Å²) in [7, 11) is 0. The number of carbonyl (C=O) groups excluding carboxylic acids is 1. The van der Waals surface area contributed by atoms with Crippen LogP contribution in [0.2, 0.25) is 0 Å². The molecule has 1 amide bonds. The van der Waals surface area contributed by atoms with Gasteiger partial charge in [-0.3, -0.25) is 9.78 Å². The fraction of sp³-hybridized carbons (Fsp3) is 0.333. The number of aromatic nitrogens is 1. The zero-order valence-corrected chi connectivity index (χ0v) is 13.1. The summed E-state index contributed by atoms with van der Waals surface area (Å²) >= 11 is 0. The van der Waals surface area contributed by atoms with Crippen LogP contribution in [0, 0.1) is 6.92 Å². The molecule has 24 heavy (non-hydrogen) atoms. The van der Waals surface area contributed by atoms with Gasteiger partial charge in [0.05, 0.1) is 12.0 Å². The molecule has 2 aromatic rings. The molecule has 0 spiro atoms. The van der Waals surface area contributed by atoms with Gasteiger partial charge in [-0.2, -0.15) is 13.2 Å². The zero-order chi connectivity index (χ0) is 17.3. The normalized spacial score (nSPS) is 19.8. The van der Waals surface area contributed by atoms with E-state index in [1.165, 1.54) is 12.1 Å². The Morgan fingerprint density at radius 1 is 1.25 bits per heavy atom. The smallest absolute Gasteiger partial charge is 0.352 e. The van der Waals surface area contributed by atoms with E-state index in [1.54, 1.807) is 12.3 Å². The molecule has 126 valence electrons. The topological polar surface area (TPSA) is 42.0 Å². The first-order chi connectivity index (χ1) is 11.3. The van der Waals surface area contributed by atoms with Gasteiger partial charge in [-0.05, 0) is 36.6 Å². The van der Waals surface area contributed by atoms with Crippen LogP contribution in [-0.4, -0.2) is 16.9 Å². The third-order valence-corrected chi connectivity index (χ3v) is 4.14. The van der Waals surface area contributed by atoms with E-state index in [4.69, 9.17) is 0 Å². The van der Waals surface area contributed by atoms with Crippen molar-refractivity contribution in [1.82, 2.24) is 10.3 Å². The SMILES string of the molecule is Cc1ccc(CC(=O)N[C@H]2C[C@H]2c2ccccc2C(F)(F)F)cn1. The van der Waals surface area contributed by atoms with Crippen LogP contribution in [-0.2, 0) is 17.4 Å². The van der Waals surface area contributed by atoms with Gasteiger partial charge in [-0.1, -0.05) is 24.3 Å². The number of halogens is 3. The van der Waals surface area contributed by atoms with Gasteiger partial charge < -0.3 is 5.32 Å². The minimum absolute atomic E-state index is 0.178. The van der Waals surface area contributed by atoms with Crippen LogP contribution in [0.5, 0.6) is 0 Å². The van der Waals surface area contributed by atoms with Crippen LogP contribution in [0.3, 0.4) is 0 Å². The number of alkyl halides is 3. The number of hydrogen-bond acceptors (Lipinski definition) is 2. The van der Waals surface area contributed by atoms with Crippen molar-refractivity contribution in [3.05, 3.63) is 65.0 Å². The summed E-state index contributed by atoms with van der Waals surface area (Å²) in [4.78, 5) is 16.2. The fourth-order valence-electron chi connectivity index (χ4n) is 2.82. The first-order valence-corrected chi connectivity index (χ1v) is 7.71. The Bertz CT molecular complexity index is 741. The summed E-state index contributed by atoms with van der Waals surface area (Å²) in [5.41, 5.74) is 1.29.